The standard InChI is InChI=1S/C27H30BrN3O4S/c1-14-9-10-15(2)19(11-14)30-25(34)23-27-12-18(28)22(36-27)20(21(27)26(35)31(23)16(3)13-32)24(33)29-17-7-5-4-6-8-17/h4-11,16,18,20-23,32H,12-13H2,1-3H3,(H,29,33)(H,30,34)/t16-,18?,20+,21+,22+,23?,27?/m1/s1. The molecule has 2 aromatic carbocycles. The van der Waals surface area contributed by atoms with Crippen LogP contribution in [0.5, 0.6) is 0 Å². The van der Waals surface area contributed by atoms with E-state index in [1.54, 1.807) is 18.7 Å². The van der Waals surface area contributed by atoms with Crippen molar-refractivity contribution in [3.63, 3.8) is 0 Å². The van der Waals surface area contributed by atoms with Crippen LogP contribution in [-0.2, 0) is 14.4 Å². The predicted molar refractivity (Wildman–Crippen MR) is 145 cm³/mol. The molecular weight excluding hydrogens is 542 g/mol. The summed E-state index contributed by atoms with van der Waals surface area (Å²) in [6, 6.07) is 13.7. The Labute approximate surface area is 223 Å². The largest absolute Gasteiger partial charge is 0.394 e. The first-order valence-corrected chi connectivity index (χ1v) is 14.0. The van der Waals surface area contributed by atoms with Crippen molar-refractivity contribution in [2.24, 2.45) is 11.8 Å². The number of halogens is 1. The van der Waals surface area contributed by atoms with Crippen LogP contribution in [0.15, 0.2) is 48.5 Å². The molecular formula is C27H30BrN3O4S. The van der Waals surface area contributed by atoms with E-state index in [0.29, 0.717) is 17.8 Å². The number of nitrogens with one attached hydrogen (secondary N) is 2. The highest BCUT2D eigenvalue weighted by atomic mass is 79.9. The normalized spacial score (nSPS) is 31.3. The number of thioether (sulfide) groups is 1. The zero-order chi connectivity index (χ0) is 25.8. The molecule has 36 heavy (non-hydrogen) atoms. The number of anilines is 2. The molecule has 9 heteroatoms. The molecule has 0 aliphatic carbocycles. The fourth-order valence-corrected chi connectivity index (χ4v) is 9.65. The van der Waals surface area contributed by atoms with Gasteiger partial charge in [0, 0.05) is 21.5 Å². The second-order valence-electron chi connectivity index (χ2n) is 10.1. The molecule has 3 aliphatic heterocycles. The lowest BCUT2D eigenvalue weighted by atomic mass is 9.70. The molecule has 0 saturated carbocycles. The van der Waals surface area contributed by atoms with E-state index in [-0.39, 0.29) is 34.4 Å². The molecule has 3 heterocycles. The lowest BCUT2D eigenvalue weighted by Crippen LogP contribution is -2.54. The average molecular weight is 573 g/mol. The SMILES string of the molecule is Cc1ccc(C)c(NC(=O)C2N([C@H](C)CO)C(=O)[C@@H]3[C@H](C(=O)Nc4ccccc4)[C@H]4SC23CC4Br)c1. The minimum absolute atomic E-state index is 0.0153. The maximum atomic E-state index is 14.0. The monoisotopic (exact) mass is 571 g/mol. The predicted octanol–water partition coefficient (Wildman–Crippen LogP) is 3.73. The molecule has 3 saturated heterocycles. The van der Waals surface area contributed by atoms with Crippen LogP contribution < -0.4 is 10.6 Å². The van der Waals surface area contributed by atoms with Crippen molar-refractivity contribution in [3.8, 4) is 0 Å². The smallest absolute Gasteiger partial charge is 0.248 e. The van der Waals surface area contributed by atoms with Gasteiger partial charge in [-0.15, -0.1) is 11.8 Å². The molecule has 2 aromatic rings. The summed E-state index contributed by atoms with van der Waals surface area (Å²) < 4.78 is -0.764. The molecule has 3 N–H and O–H groups in total. The van der Waals surface area contributed by atoms with Crippen LogP contribution in [0.4, 0.5) is 11.4 Å². The van der Waals surface area contributed by atoms with Crippen LogP contribution >= 0.6 is 27.7 Å². The van der Waals surface area contributed by atoms with Crippen LogP contribution in [-0.4, -0.2) is 61.2 Å². The number of carbonyl (C=O) groups excluding carboxylic acids is 3. The Bertz CT molecular complexity index is 1210. The van der Waals surface area contributed by atoms with Gasteiger partial charge in [0.1, 0.15) is 6.04 Å². The van der Waals surface area contributed by atoms with Crippen molar-refractivity contribution in [1.29, 1.82) is 0 Å². The molecule has 7 nitrogen and oxygen atoms in total. The summed E-state index contributed by atoms with van der Waals surface area (Å²) in [7, 11) is 0. The lowest BCUT2D eigenvalue weighted by molar-refractivity contribution is -0.140. The maximum absolute atomic E-state index is 14.0. The van der Waals surface area contributed by atoms with E-state index >= 15 is 0 Å². The first kappa shape index (κ1) is 25.3. The third-order valence-electron chi connectivity index (χ3n) is 7.71. The summed E-state index contributed by atoms with van der Waals surface area (Å²) in [6.07, 6.45) is 0.591. The molecule has 1 spiro atoms. The van der Waals surface area contributed by atoms with Crippen LogP contribution in [0.1, 0.15) is 24.5 Å². The molecule has 5 rings (SSSR count). The molecule has 190 valence electrons. The number of rotatable bonds is 6. The average Bonchev–Trinajstić information content (AvgIpc) is 3.45. The maximum Gasteiger partial charge on any atom is 0.248 e. The van der Waals surface area contributed by atoms with E-state index in [0.717, 1.165) is 11.1 Å². The highest BCUT2D eigenvalue weighted by Crippen LogP contribution is 2.68. The summed E-state index contributed by atoms with van der Waals surface area (Å²) in [5, 5.41) is 15.9. The molecule has 2 bridgehead atoms. The van der Waals surface area contributed by atoms with Crippen molar-refractivity contribution < 1.29 is 19.5 Å². The van der Waals surface area contributed by atoms with Gasteiger partial charge in [-0.2, -0.15) is 0 Å². The van der Waals surface area contributed by atoms with Gasteiger partial charge in [0.05, 0.1) is 29.2 Å². The van der Waals surface area contributed by atoms with Gasteiger partial charge in [0.2, 0.25) is 17.7 Å². The second-order valence-corrected chi connectivity index (χ2v) is 12.8. The topological polar surface area (TPSA) is 98.7 Å². The van der Waals surface area contributed by atoms with Crippen molar-refractivity contribution in [1.82, 2.24) is 4.90 Å². The fraction of sp³-hybridized carbons (Fsp3) is 0.444. The third kappa shape index (κ3) is 3.96. The number of nitrogens with zero attached hydrogens (tertiary/aromatic N) is 1. The Morgan fingerprint density at radius 3 is 2.58 bits per heavy atom. The second kappa shape index (κ2) is 9.50. The number of carbonyl (C=O) groups is 3. The molecule has 3 aliphatic rings. The number of aliphatic hydroxyl groups is 1. The van der Waals surface area contributed by atoms with Crippen molar-refractivity contribution in [2.75, 3.05) is 17.2 Å². The molecule has 3 unspecified atom stereocenters. The highest BCUT2D eigenvalue weighted by Gasteiger charge is 2.76. The van der Waals surface area contributed by atoms with Gasteiger partial charge in [0.15, 0.2) is 0 Å². The number of fused-ring (bicyclic) bond motifs is 1. The van der Waals surface area contributed by atoms with Crippen LogP contribution in [0.3, 0.4) is 0 Å². The Balaban J connectivity index is 1.52. The van der Waals surface area contributed by atoms with Gasteiger partial charge in [-0.05, 0) is 56.5 Å². The number of hydrogen-bond acceptors (Lipinski definition) is 5. The van der Waals surface area contributed by atoms with E-state index in [4.69, 9.17) is 0 Å². The van der Waals surface area contributed by atoms with Gasteiger partial charge < -0.3 is 20.6 Å². The zero-order valence-corrected chi connectivity index (χ0v) is 22.8. The summed E-state index contributed by atoms with van der Waals surface area (Å²) in [5.41, 5.74) is 3.32. The highest BCUT2D eigenvalue weighted by molar-refractivity contribution is 9.09. The summed E-state index contributed by atoms with van der Waals surface area (Å²) >= 11 is 5.35. The zero-order valence-electron chi connectivity index (χ0n) is 20.4. The number of alkyl halides is 1. The van der Waals surface area contributed by atoms with Gasteiger partial charge in [-0.1, -0.05) is 46.3 Å². The number of aryl methyl sites for hydroxylation is 2. The summed E-state index contributed by atoms with van der Waals surface area (Å²) in [4.78, 5) is 43.0. The van der Waals surface area contributed by atoms with Gasteiger partial charge in [-0.3, -0.25) is 14.4 Å². The Morgan fingerprint density at radius 2 is 1.89 bits per heavy atom. The number of benzene rings is 2. The van der Waals surface area contributed by atoms with Gasteiger partial charge in [0.25, 0.3) is 0 Å². The molecule has 7 atom stereocenters. The number of para-hydroxylation sites is 1. The van der Waals surface area contributed by atoms with E-state index < -0.39 is 28.7 Å². The quantitative estimate of drug-likeness (QED) is 0.459. The first-order chi connectivity index (χ1) is 17.2. The van der Waals surface area contributed by atoms with Crippen molar-refractivity contribution >= 4 is 56.8 Å². The minimum Gasteiger partial charge on any atom is -0.394 e. The number of amides is 3. The Hall–Kier alpha value is -2.36. The lowest BCUT2D eigenvalue weighted by Gasteiger charge is -2.36. The van der Waals surface area contributed by atoms with E-state index in [1.165, 1.54) is 4.90 Å². The minimum atomic E-state index is -0.804. The van der Waals surface area contributed by atoms with Crippen LogP contribution in [0.25, 0.3) is 0 Å². The fourth-order valence-electron chi connectivity index (χ4n) is 6.05. The van der Waals surface area contributed by atoms with Crippen LogP contribution in [0, 0.1) is 25.7 Å². The summed E-state index contributed by atoms with van der Waals surface area (Å²) in [5.74, 6) is -1.96. The van der Waals surface area contributed by atoms with Crippen molar-refractivity contribution in [2.45, 2.75) is 54.1 Å². The Morgan fingerprint density at radius 1 is 1.17 bits per heavy atom. The third-order valence-corrected chi connectivity index (χ3v) is 10.9. The van der Waals surface area contributed by atoms with E-state index in [1.807, 2.05) is 62.4 Å². The number of aliphatic hydroxyl groups excluding tert-OH is 1. The molecule has 0 radical (unpaired) electrons. The van der Waals surface area contributed by atoms with Crippen LogP contribution in [0.2, 0.25) is 0 Å². The Kier molecular flexibility index (Phi) is 6.68. The van der Waals surface area contributed by atoms with Gasteiger partial charge in [-0.25, -0.2) is 0 Å². The van der Waals surface area contributed by atoms with E-state index in [9.17, 15) is 19.5 Å². The van der Waals surface area contributed by atoms with Gasteiger partial charge >= 0.3 is 0 Å². The molecule has 0 aromatic heterocycles. The number of likely N-dealkylation sites (tertiary alicyclic amines) is 1. The molecule has 3 amide bonds. The van der Waals surface area contributed by atoms with E-state index in [2.05, 4.69) is 26.6 Å². The first-order valence-electron chi connectivity index (χ1n) is 12.2. The number of hydrogen-bond donors (Lipinski definition) is 3. The van der Waals surface area contributed by atoms with Crippen molar-refractivity contribution in [3.05, 3.63) is 59.7 Å². The molecule has 3 fully saturated rings. The summed E-state index contributed by atoms with van der Waals surface area (Å²) in [6.45, 7) is 5.37.